The Balaban J connectivity index is 1.58. The normalized spacial score (nSPS) is 13.0. The first kappa shape index (κ1) is 21.4. The maximum atomic E-state index is 12.5. The lowest BCUT2D eigenvalue weighted by Crippen LogP contribution is -2.31. The average molecular weight is 410 g/mol. The van der Waals surface area contributed by atoms with Crippen molar-refractivity contribution in [1.29, 1.82) is 0 Å². The van der Waals surface area contributed by atoms with E-state index in [0.717, 1.165) is 17.7 Å². The van der Waals surface area contributed by atoms with Crippen LogP contribution in [0, 0.1) is 0 Å². The van der Waals surface area contributed by atoms with E-state index < -0.39 is 23.7 Å². The maximum Gasteiger partial charge on any atom is 0.419 e. The summed E-state index contributed by atoms with van der Waals surface area (Å²) >= 11 is 0. The number of para-hydroxylation sites is 3. The summed E-state index contributed by atoms with van der Waals surface area (Å²) in [5.74, 6) is -1.20. The molecule has 0 aliphatic carbocycles. The van der Waals surface area contributed by atoms with Crippen LogP contribution >= 0.6 is 0 Å². The van der Waals surface area contributed by atoms with Crippen LogP contribution in [0.25, 0.3) is 11.1 Å². The highest BCUT2D eigenvalue weighted by molar-refractivity contribution is 5.95. The molecule has 0 radical (unpaired) electrons. The van der Waals surface area contributed by atoms with Crippen molar-refractivity contribution in [2.75, 3.05) is 5.32 Å². The van der Waals surface area contributed by atoms with Gasteiger partial charge in [-0.25, -0.2) is 4.79 Å². The molecule has 158 valence electrons. The number of fused-ring (bicyclic) bond motifs is 1. The number of carbonyl (C=O) groups excluding carboxylic acids is 2. The highest BCUT2D eigenvalue weighted by Crippen LogP contribution is 2.26. The lowest BCUT2D eigenvalue weighted by atomic mass is 9.97. The zero-order valence-corrected chi connectivity index (χ0v) is 17.4. The molecular formula is C23H26N2O5. The fourth-order valence-electron chi connectivity index (χ4n) is 3.23. The number of rotatable bonds is 8. The maximum absolute atomic E-state index is 12.5. The van der Waals surface area contributed by atoms with Crippen molar-refractivity contribution >= 4 is 28.7 Å². The molecule has 1 aromatic heterocycles. The number of nitrogens with one attached hydrogen (secondary N) is 1. The number of anilines is 1. The lowest BCUT2D eigenvalue weighted by Gasteiger charge is -2.18. The number of hydrogen-bond acceptors (Lipinski definition) is 5. The van der Waals surface area contributed by atoms with E-state index in [1.54, 1.807) is 24.3 Å². The van der Waals surface area contributed by atoms with Crippen molar-refractivity contribution in [3.05, 3.63) is 64.6 Å². The first-order valence-corrected chi connectivity index (χ1v) is 10.1. The van der Waals surface area contributed by atoms with Gasteiger partial charge in [0, 0.05) is 12.2 Å². The average Bonchev–Trinajstić information content (AvgIpc) is 3.06. The van der Waals surface area contributed by atoms with Gasteiger partial charge in [-0.3, -0.25) is 14.2 Å². The van der Waals surface area contributed by atoms with Gasteiger partial charge >= 0.3 is 11.7 Å². The molecule has 0 spiro atoms. The molecule has 3 aromatic rings. The molecule has 0 aliphatic rings. The van der Waals surface area contributed by atoms with Crippen LogP contribution in [0.4, 0.5) is 5.69 Å². The molecular weight excluding hydrogens is 384 g/mol. The van der Waals surface area contributed by atoms with Crippen LogP contribution in [0.3, 0.4) is 0 Å². The van der Waals surface area contributed by atoms with Crippen LogP contribution in [0.2, 0.25) is 0 Å². The van der Waals surface area contributed by atoms with Crippen molar-refractivity contribution in [3.8, 4) is 0 Å². The molecule has 0 unspecified atom stereocenters. The predicted molar refractivity (Wildman–Crippen MR) is 114 cm³/mol. The molecule has 0 bridgehead atoms. The van der Waals surface area contributed by atoms with Crippen LogP contribution in [0.15, 0.2) is 57.7 Å². The van der Waals surface area contributed by atoms with Crippen LogP contribution in [-0.4, -0.2) is 22.5 Å². The molecule has 7 heteroatoms. The van der Waals surface area contributed by atoms with E-state index in [9.17, 15) is 14.4 Å². The highest BCUT2D eigenvalue weighted by Gasteiger charge is 2.20. The zero-order chi connectivity index (χ0) is 21.7. The Morgan fingerprint density at radius 3 is 2.57 bits per heavy atom. The predicted octanol–water partition coefficient (Wildman–Crippen LogP) is 4.07. The van der Waals surface area contributed by atoms with Crippen molar-refractivity contribution < 1.29 is 18.7 Å². The lowest BCUT2D eigenvalue weighted by molar-refractivity contribution is -0.153. The Labute approximate surface area is 174 Å². The van der Waals surface area contributed by atoms with Crippen LogP contribution < -0.4 is 11.1 Å². The monoisotopic (exact) mass is 410 g/mol. The standard InChI is InChI=1S/C23H26N2O5/c1-4-15(2)17-9-5-6-10-18(17)24-22(27)16(3)29-21(26)13-14-25-19-11-7-8-12-20(19)30-23(25)28/h5-12,15-16H,4,13-14H2,1-3H3,(H,24,27)/t15-,16-/m0/s1. The van der Waals surface area contributed by atoms with Crippen LogP contribution in [0.1, 0.15) is 45.1 Å². The molecule has 0 aliphatic heterocycles. The molecule has 1 heterocycles. The van der Waals surface area contributed by atoms with E-state index >= 15 is 0 Å². The van der Waals surface area contributed by atoms with Gasteiger partial charge in [0.25, 0.3) is 5.91 Å². The number of nitrogens with zero attached hydrogens (tertiary/aromatic N) is 1. The number of aryl methyl sites for hydroxylation is 1. The summed E-state index contributed by atoms with van der Waals surface area (Å²) in [5, 5.41) is 2.85. The van der Waals surface area contributed by atoms with E-state index in [0.29, 0.717) is 17.0 Å². The number of benzene rings is 2. The summed E-state index contributed by atoms with van der Waals surface area (Å²) in [7, 11) is 0. The number of aromatic nitrogens is 1. The SMILES string of the molecule is CC[C@H](C)c1ccccc1NC(=O)[C@H](C)OC(=O)CCn1c(=O)oc2ccccc21. The number of hydrogen-bond donors (Lipinski definition) is 1. The summed E-state index contributed by atoms with van der Waals surface area (Å²) in [6, 6.07) is 14.6. The fourth-order valence-corrected chi connectivity index (χ4v) is 3.23. The summed E-state index contributed by atoms with van der Waals surface area (Å²) < 4.78 is 11.8. The topological polar surface area (TPSA) is 90.5 Å². The molecule has 7 nitrogen and oxygen atoms in total. The van der Waals surface area contributed by atoms with Gasteiger partial charge in [-0.2, -0.15) is 0 Å². The molecule has 0 saturated carbocycles. The van der Waals surface area contributed by atoms with E-state index in [2.05, 4.69) is 19.2 Å². The molecule has 1 amide bonds. The molecule has 2 aromatic carbocycles. The van der Waals surface area contributed by atoms with Gasteiger partial charge in [0.15, 0.2) is 11.7 Å². The highest BCUT2D eigenvalue weighted by atomic mass is 16.5. The van der Waals surface area contributed by atoms with Gasteiger partial charge in [-0.15, -0.1) is 0 Å². The van der Waals surface area contributed by atoms with Crippen LogP contribution in [-0.2, 0) is 20.9 Å². The second kappa shape index (κ2) is 9.43. The third-order valence-electron chi connectivity index (χ3n) is 5.15. The van der Waals surface area contributed by atoms with E-state index in [1.807, 2.05) is 24.3 Å². The van der Waals surface area contributed by atoms with Crippen molar-refractivity contribution in [2.24, 2.45) is 0 Å². The van der Waals surface area contributed by atoms with Gasteiger partial charge in [-0.05, 0) is 43.0 Å². The Kier molecular flexibility index (Phi) is 6.72. The van der Waals surface area contributed by atoms with Crippen LogP contribution in [0.5, 0.6) is 0 Å². The van der Waals surface area contributed by atoms with E-state index in [4.69, 9.17) is 9.15 Å². The number of carbonyl (C=O) groups is 2. The Bertz CT molecular complexity index is 1100. The smallest absolute Gasteiger partial charge is 0.419 e. The van der Waals surface area contributed by atoms with Gasteiger partial charge in [0.2, 0.25) is 0 Å². The first-order chi connectivity index (χ1) is 14.4. The van der Waals surface area contributed by atoms with Gasteiger partial charge in [0.05, 0.1) is 11.9 Å². The van der Waals surface area contributed by atoms with Gasteiger partial charge < -0.3 is 14.5 Å². The Morgan fingerprint density at radius 2 is 1.80 bits per heavy atom. The van der Waals surface area contributed by atoms with Crippen molar-refractivity contribution in [1.82, 2.24) is 4.57 Å². The number of oxazole rings is 1. The van der Waals surface area contributed by atoms with Gasteiger partial charge in [0.1, 0.15) is 0 Å². The second-order valence-corrected chi connectivity index (χ2v) is 7.26. The molecule has 0 saturated heterocycles. The molecule has 3 rings (SSSR count). The molecule has 0 fully saturated rings. The summed E-state index contributed by atoms with van der Waals surface area (Å²) in [6.07, 6.45) is -0.0652. The number of amides is 1. The van der Waals surface area contributed by atoms with Crippen molar-refractivity contribution in [2.45, 2.75) is 52.2 Å². The Morgan fingerprint density at radius 1 is 1.10 bits per heavy atom. The molecule has 30 heavy (non-hydrogen) atoms. The second-order valence-electron chi connectivity index (χ2n) is 7.26. The van der Waals surface area contributed by atoms with E-state index in [-0.39, 0.29) is 13.0 Å². The Hall–Kier alpha value is -3.35. The third-order valence-corrected chi connectivity index (χ3v) is 5.15. The van der Waals surface area contributed by atoms with Crippen molar-refractivity contribution in [3.63, 3.8) is 0 Å². The first-order valence-electron chi connectivity index (χ1n) is 10.1. The third kappa shape index (κ3) is 4.79. The molecule has 2 atom stereocenters. The largest absolute Gasteiger partial charge is 0.452 e. The minimum absolute atomic E-state index is 0.0511. The quantitative estimate of drug-likeness (QED) is 0.566. The van der Waals surface area contributed by atoms with Gasteiger partial charge in [-0.1, -0.05) is 44.2 Å². The zero-order valence-electron chi connectivity index (χ0n) is 17.4. The molecule has 1 N–H and O–H groups in total. The number of esters is 1. The summed E-state index contributed by atoms with van der Waals surface area (Å²) in [5.41, 5.74) is 2.83. The minimum Gasteiger partial charge on any atom is -0.452 e. The van der Waals surface area contributed by atoms with E-state index in [1.165, 1.54) is 11.5 Å². The summed E-state index contributed by atoms with van der Waals surface area (Å²) in [4.78, 5) is 36.7. The number of ether oxygens (including phenoxy) is 1. The fraction of sp³-hybridized carbons (Fsp3) is 0.348. The minimum atomic E-state index is -0.958. The summed E-state index contributed by atoms with van der Waals surface area (Å²) in [6.45, 7) is 5.82.